The molecule has 2 heteroatoms. The highest BCUT2D eigenvalue weighted by Gasteiger charge is 2.03. The lowest BCUT2D eigenvalue weighted by Gasteiger charge is -1.92. The van der Waals surface area contributed by atoms with Crippen LogP contribution in [0.4, 0.5) is 0 Å². The third-order valence-corrected chi connectivity index (χ3v) is 3.79. The van der Waals surface area contributed by atoms with E-state index in [-0.39, 0.29) is 0 Å². The first-order chi connectivity index (χ1) is 5.77. The quantitative estimate of drug-likeness (QED) is 0.641. The Morgan fingerprint density at radius 1 is 1.08 bits per heavy atom. The maximum Gasteiger partial charge on any atom is 0.0356 e. The minimum absolute atomic E-state index is 1.36. The van der Waals surface area contributed by atoms with E-state index in [0.717, 1.165) is 0 Å². The zero-order valence-electron chi connectivity index (χ0n) is 7.13. The Hall–Kier alpha value is -0.600. The molecule has 2 aromatic heterocycles. The summed E-state index contributed by atoms with van der Waals surface area (Å²) >= 11 is 3.61. The van der Waals surface area contributed by atoms with E-state index in [4.69, 9.17) is 0 Å². The summed E-state index contributed by atoms with van der Waals surface area (Å²) in [5.74, 6) is 0. The van der Waals surface area contributed by atoms with Gasteiger partial charge in [0, 0.05) is 10.4 Å². The minimum atomic E-state index is 1.36. The fourth-order valence-electron chi connectivity index (χ4n) is 1.19. The van der Waals surface area contributed by atoms with Crippen LogP contribution in [0.25, 0.3) is 10.4 Å². The zero-order valence-corrected chi connectivity index (χ0v) is 8.76. The third kappa shape index (κ3) is 1.32. The number of thiophene rings is 2. The summed E-state index contributed by atoms with van der Waals surface area (Å²) in [7, 11) is 0. The number of aryl methyl sites for hydroxylation is 2. The molecule has 0 aliphatic carbocycles. The van der Waals surface area contributed by atoms with E-state index in [2.05, 4.69) is 36.1 Å². The van der Waals surface area contributed by atoms with Crippen LogP contribution < -0.4 is 0 Å². The van der Waals surface area contributed by atoms with Gasteiger partial charge in [-0.05, 0) is 47.2 Å². The van der Waals surface area contributed by atoms with Crippen LogP contribution in [0, 0.1) is 13.8 Å². The van der Waals surface area contributed by atoms with E-state index < -0.39 is 0 Å². The van der Waals surface area contributed by atoms with E-state index in [1.54, 1.807) is 11.3 Å². The molecule has 0 nitrogen and oxygen atoms in total. The summed E-state index contributed by atoms with van der Waals surface area (Å²) in [5, 5.41) is 6.62. The molecule has 0 aromatic carbocycles. The van der Waals surface area contributed by atoms with Gasteiger partial charge in [0.1, 0.15) is 0 Å². The Morgan fingerprint density at radius 3 is 2.42 bits per heavy atom. The Morgan fingerprint density at radius 2 is 1.92 bits per heavy atom. The third-order valence-electron chi connectivity index (χ3n) is 1.85. The zero-order chi connectivity index (χ0) is 8.55. The second-order valence-electron chi connectivity index (χ2n) is 2.96. The van der Waals surface area contributed by atoms with Gasteiger partial charge in [0.15, 0.2) is 0 Å². The van der Waals surface area contributed by atoms with Gasteiger partial charge in [-0.3, -0.25) is 0 Å². The van der Waals surface area contributed by atoms with Crippen molar-refractivity contribution in [1.82, 2.24) is 0 Å². The fraction of sp³-hybridized carbons (Fsp3) is 0.200. The molecule has 0 unspecified atom stereocenters. The van der Waals surface area contributed by atoms with Gasteiger partial charge in [0.2, 0.25) is 0 Å². The molecule has 0 amide bonds. The summed E-state index contributed by atoms with van der Waals surface area (Å²) in [6.07, 6.45) is 0. The van der Waals surface area contributed by atoms with Crippen molar-refractivity contribution in [1.29, 1.82) is 0 Å². The van der Waals surface area contributed by atoms with Crippen molar-refractivity contribution < 1.29 is 0 Å². The average molecular weight is 194 g/mol. The van der Waals surface area contributed by atoms with Gasteiger partial charge in [-0.1, -0.05) is 0 Å². The lowest BCUT2D eigenvalue weighted by molar-refractivity contribution is 1.53. The van der Waals surface area contributed by atoms with Gasteiger partial charge in [-0.2, -0.15) is 11.3 Å². The molecule has 62 valence electrons. The molecule has 0 bridgehead atoms. The molecule has 0 fully saturated rings. The van der Waals surface area contributed by atoms with Crippen molar-refractivity contribution in [2.24, 2.45) is 0 Å². The summed E-state index contributed by atoms with van der Waals surface area (Å²) < 4.78 is 0. The Balaban J connectivity index is 2.50. The van der Waals surface area contributed by atoms with Crippen molar-refractivity contribution in [3.63, 3.8) is 0 Å². The van der Waals surface area contributed by atoms with Crippen LogP contribution in [0.15, 0.2) is 22.2 Å². The first-order valence-electron chi connectivity index (χ1n) is 3.85. The van der Waals surface area contributed by atoms with Crippen LogP contribution in [0.1, 0.15) is 11.1 Å². The second-order valence-corrected chi connectivity index (χ2v) is 4.61. The standard InChI is InChI=1S/C10H10S2/c1-7-3-10(12-4-7)9-6-11-5-8(9)2/h3-6H,1-2H3. The number of rotatable bonds is 1. The summed E-state index contributed by atoms with van der Waals surface area (Å²) in [6, 6.07) is 2.25. The molecule has 0 radical (unpaired) electrons. The van der Waals surface area contributed by atoms with Crippen molar-refractivity contribution in [3.8, 4) is 10.4 Å². The normalized spacial score (nSPS) is 10.5. The van der Waals surface area contributed by atoms with Crippen molar-refractivity contribution in [3.05, 3.63) is 33.3 Å². The van der Waals surface area contributed by atoms with Crippen LogP contribution in [-0.2, 0) is 0 Å². The monoisotopic (exact) mass is 194 g/mol. The molecule has 0 saturated carbocycles. The number of hydrogen-bond donors (Lipinski definition) is 0. The van der Waals surface area contributed by atoms with Crippen LogP contribution in [0.2, 0.25) is 0 Å². The minimum Gasteiger partial charge on any atom is -0.151 e. The topological polar surface area (TPSA) is 0 Å². The highest BCUT2D eigenvalue weighted by atomic mass is 32.1. The van der Waals surface area contributed by atoms with E-state index in [0.29, 0.717) is 0 Å². The van der Waals surface area contributed by atoms with Crippen molar-refractivity contribution in [2.75, 3.05) is 0 Å². The number of hydrogen-bond acceptors (Lipinski definition) is 2. The molecule has 0 N–H and O–H groups in total. The van der Waals surface area contributed by atoms with Crippen LogP contribution in [0.5, 0.6) is 0 Å². The molecule has 0 spiro atoms. The maximum atomic E-state index is 2.25. The highest BCUT2D eigenvalue weighted by molar-refractivity contribution is 7.14. The van der Waals surface area contributed by atoms with Crippen molar-refractivity contribution >= 4 is 22.7 Å². The Kier molecular flexibility index (Phi) is 2.03. The Labute approximate surface area is 80.5 Å². The highest BCUT2D eigenvalue weighted by Crippen LogP contribution is 2.31. The summed E-state index contributed by atoms with van der Waals surface area (Å²) in [5.41, 5.74) is 4.15. The van der Waals surface area contributed by atoms with E-state index in [9.17, 15) is 0 Å². The molecule has 12 heavy (non-hydrogen) atoms. The molecule has 0 saturated heterocycles. The molecule has 0 aliphatic heterocycles. The molecule has 2 heterocycles. The molecule has 2 aromatic rings. The van der Waals surface area contributed by atoms with E-state index in [1.807, 2.05) is 11.3 Å². The van der Waals surface area contributed by atoms with Crippen molar-refractivity contribution in [2.45, 2.75) is 13.8 Å². The average Bonchev–Trinajstić information content (AvgIpc) is 2.58. The lowest BCUT2D eigenvalue weighted by atomic mass is 10.2. The SMILES string of the molecule is Cc1csc(-c2cscc2C)c1. The van der Waals surface area contributed by atoms with Gasteiger partial charge >= 0.3 is 0 Å². The molecule has 0 atom stereocenters. The van der Waals surface area contributed by atoms with E-state index >= 15 is 0 Å². The fourth-order valence-corrected chi connectivity index (χ4v) is 3.09. The van der Waals surface area contributed by atoms with Gasteiger partial charge in [-0.15, -0.1) is 11.3 Å². The van der Waals surface area contributed by atoms with Crippen LogP contribution in [-0.4, -0.2) is 0 Å². The predicted octanol–water partition coefficient (Wildman–Crippen LogP) is 4.09. The van der Waals surface area contributed by atoms with E-state index in [1.165, 1.54) is 21.6 Å². The maximum absolute atomic E-state index is 2.25. The van der Waals surface area contributed by atoms with Gasteiger partial charge in [0.05, 0.1) is 0 Å². The smallest absolute Gasteiger partial charge is 0.0356 e. The van der Waals surface area contributed by atoms with Gasteiger partial charge in [-0.25, -0.2) is 0 Å². The molecular weight excluding hydrogens is 184 g/mol. The first kappa shape index (κ1) is 8.02. The molecule has 0 aliphatic rings. The van der Waals surface area contributed by atoms with Gasteiger partial charge in [0.25, 0.3) is 0 Å². The second kappa shape index (κ2) is 3.04. The van der Waals surface area contributed by atoms with Crippen LogP contribution in [0.3, 0.4) is 0 Å². The lowest BCUT2D eigenvalue weighted by Crippen LogP contribution is -1.69. The first-order valence-corrected chi connectivity index (χ1v) is 5.68. The predicted molar refractivity (Wildman–Crippen MR) is 57.1 cm³/mol. The summed E-state index contributed by atoms with van der Waals surface area (Å²) in [6.45, 7) is 4.31. The van der Waals surface area contributed by atoms with Gasteiger partial charge < -0.3 is 0 Å². The molecule has 2 rings (SSSR count). The van der Waals surface area contributed by atoms with Crippen LogP contribution >= 0.6 is 22.7 Å². The largest absolute Gasteiger partial charge is 0.151 e. The molecular formula is C10H10S2. The Bertz CT molecular complexity index is 382. The summed E-state index contributed by atoms with van der Waals surface area (Å²) in [4.78, 5) is 1.39.